The van der Waals surface area contributed by atoms with Crippen LogP contribution >= 0.6 is 23.2 Å². The first-order valence-corrected chi connectivity index (χ1v) is 11.3. The fraction of sp³-hybridized carbons (Fsp3) is 0.368. The molecule has 148 valence electrons. The molecule has 1 saturated heterocycles. The Hall–Kier alpha value is -1.67. The van der Waals surface area contributed by atoms with E-state index in [0.29, 0.717) is 42.2 Å². The zero-order chi connectivity index (χ0) is 19.9. The summed E-state index contributed by atoms with van der Waals surface area (Å²) in [7, 11) is -3.50. The molecule has 3 heterocycles. The van der Waals surface area contributed by atoms with E-state index in [2.05, 4.69) is 4.98 Å². The number of hydrogen-bond donors (Lipinski definition) is 0. The molecule has 1 amide bonds. The van der Waals surface area contributed by atoms with Crippen LogP contribution in [0.1, 0.15) is 35.2 Å². The summed E-state index contributed by atoms with van der Waals surface area (Å²) in [6.07, 6.45) is 4.84. The van der Waals surface area contributed by atoms with E-state index < -0.39 is 10.0 Å². The Morgan fingerprint density at radius 3 is 2.50 bits per heavy atom. The Kier molecular flexibility index (Phi) is 5.35. The third-order valence-electron chi connectivity index (χ3n) is 5.19. The topological polar surface area (TPSA) is 70.6 Å². The van der Waals surface area contributed by atoms with Crippen LogP contribution in [0.15, 0.2) is 35.4 Å². The molecule has 0 N–H and O–H groups in total. The van der Waals surface area contributed by atoms with Crippen molar-refractivity contribution < 1.29 is 13.2 Å². The number of piperidine rings is 1. The summed E-state index contributed by atoms with van der Waals surface area (Å²) >= 11 is 11.8. The summed E-state index contributed by atoms with van der Waals surface area (Å²) < 4.78 is 27.4. The lowest BCUT2D eigenvalue weighted by Crippen LogP contribution is -2.35. The molecular formula is C19H19Cl2N3O3S. The molecule has 28 heavy (non-hydrogen) atoms. The lowest BCUT2D eigenvalue weighted by molar-refractivity contribution is 0.0989. The number of hydrogen-bond acceptors (Lipinski definition) is 4. The number of carbonyl (C=O) groups excluding carboxylic acids is 1. The lowest BCUT2D eigenvalue weighted by Gasteiger charge is -2.26. The molecule has 0 bridgehead atoms. The van der Waals surface area contributed by atoms with Gasteiger partial charge in [-0.1, -0.05) is 29.6 Å². The van der Waals surface area contributed by atoms with Crippen LogP contribution in [0.5, 0.6) is 0 Å². The first-order valence-electron chi connectivity index (χ1n) is 9.14. The van der Waals surface area contributed by atoms with Crippen molar-refractivity contribution in [3.63, 3.8) is 0 Å². The highest BCUT2D eigenvalue weighted by Crippen LogP contribution is 2.33. The van der Waals surface area contributed by atoms with Gasteiger partial charge in [-0.2, -0.15) is 4.31 Å². The molecule has 0 radical (unpaired) electrons. The zero-order valence-corrected chi connectivity index (χ0v) is 17.4. The van der Waals surface area contributed by atoms with Crippen molar-refractivity contribution in [3.8, 4) is 0 Å². The van der Waals surface area contributed by atoms with Crippen LogP contribution in [0.4, 0.5) is 5.69 Å². The molecule has 1 fully saturated rings. The van der Waals surface area contributed by atoms with Gasteiger partial charge < -0.3 is 4.90 Å². The predicted molar refractivity (Wildman–Crippen MR) is 109 cm³/mol. The second-order valence-corrected chi connectivity index (χ2v) is 9.66. The monoisotopic (exact) mass is 439 g/mol. The normalized spacial score (nSPS) is 17.6. The number of pyridine rings is 1. The van der Waals surface area contributed by atoms with Crippen LogP contribution in [-0.2, 0) is 16.4 Å². The molecule has 4 rings (SSSR count). The van der Waals surface area contributed by atoms with Crippen molar-refractivity contribution in [2.75, 3.05) is 24.5 Å². The maximum atomic E-state index is 12.9. The fourth-order valence-corrected chi connectivity index (χ4v) is 5.54. The molecule has 0 atom stereocenters. The molecule has 0 saturated carbocycles. The van der Waals surface area contributed by atoms with Crippen molar-refractivity contribution in [1.29, 1.82) is 0 Å². The van der Waals surface area contributed by atoms with Crippen LogP contribution in [-0.4, -0.2) is 43.2 Å². The molecular weight excluding hydrogens is 421 g/mol. The van der Waals surface area contributed by atoms with E-state index in [0.717, 1.165) is 24.8 Å². The van der Waals surface area contributed by atoms with E-state index >= 15 is 0 Å². The third-order valence-corrected chi connectivity index (χ3v) is 7.77. The van der Waals surface area contributed by atoms with E-state index in [-0.39, 0.29) is 16.1 Å². The lowest BCUT2D eigenvalue weighted by atomic mass is 10.2. The number of benzene rings is 1. The highest BCUT2D eigenvalue weighted by molar-refractivity contribution is 7.89. The number of halogens is 2. The van der Waals surface area contributed by atoms with Gasteiger partial charge in [-0.15, -0.1) is 0 Å². The largest absolute Gasteiger partial charge is 0.308 e. The summed E-state index contributed by atoms with van der Waals surface area (Å²) in [5.41, 5.74) is 1.90. The van der Waals surface area contributed by atoms with Gasteiger partial charge >= 0.3 is 0 Å². The summed E-state index contributed by atoms with van der Waals surface area (Å²) in [4.78, 5) is 18.7. The maximum Gasteiger partial charge on any atom is 0.259 e. The van der Waals surface area contributed by atoms with E-state index in [1.54, 1.807) is 27.4 Å². The highest BCUT2D eigenvalue weighted by Gasteiger charge is 2.30. The molecule has 2 aromatic rings. The van der Waals surface area contributed by atoms with Gasteiger partial charge in [0.15, 0.2) is 0 Å². The SMILES string of the molecule is O=C(c1cnc(Cl)c(Cl)c1)N1CCc2cc(S(=O)(=O)N3CCCCC3)ccc21. The van der Waals surface area contributed by atoms with Crippen LogP contribution < -0.4 is 4.90 Å². The van der Waals surface area contributed by atoms with Gasteiger partial charge in [0, 0.05) is 31.5 Å². The number of carbonyl (C=O) groups is 1. The zero-order valence-electron chi connectivity index (χ0n) is 15.1. The molecule has 0 aliphatic carbocycles. The maximum absolute atomic E-state index is 12.9. The Labute approximate surface area is 174 Å². The number of aromatic nitrogens is 1. The fourth-order valence-electron chi connectivity index (χ4n) is 3.70. The molecule has 6 nitrogen and oxygen atoms in total. The second kappa shape index (κ2) is 7.63. The molecule has 2 aliphatic rings. The average molecular weight is 440 g/mol. The summed E-state index contributed by atoms with van der Waals surface area (Å²) in [6, 6.07) is 6.48. The number of sulfonamides is 1. The highest BCUT2D eigenvalue weighted by atomic mass is 35.5. The van der Waals surface area contributed by atoms with Crippen molar-refractivity contribution in [3.05, 3.63) is 51.8 Å². The van der Waals surface area contributed by atoms with Gasteiger partial charge in [-0.05, 0) is 49.1 Å². The Bertz CT molecular complexity index is 1040. The van der Waals surface area contributed by atoms with Crippen molar-refractivity contribution in [1.82, 2.24) is 9.29 Å². The summed E-state index contributed by atoms with van der Waals surface area (Å²) in [5.74, 6) is -0.239. The van der Waals surface area contributed by atoms with Gasteiger partial charge in [0.2, 0.25) is 10.0 Å². The molecule has 2 aliphatic heterocycles. The van der Waals surface area contributed by atoms with Gasteiger partial charge in [0.05, 0.1) is 15.5 Å². The molecule has 1 aromatic heterocycles. The van der Waals surface area contributed by atoms with Gasteiger partial charge in [0.25, 0.3) is 5.91 Å². The Balaban J connectivity index is 1.61. The van der Waals surface area contributed by atoms with E-state index in [1.165, 1.54) is 12.3 Å². The van der Waals surface area contributed by atoms with Crippen molar-refractivity contribution >= 4 is 44.8 Å². The molecule has 0 spiro atoms. The quantitative estimate of drug-likeness (QED) is 0.682. The van der Waals surface area contributed by atoms with E-state index in [1.807, 2.05) is 0 Å². The smallest absolute Gasteiger partial charge is 0.259 e. The first kappa shape index (κ1) is 19.6. The minimum atomic E-state index is -3.50. The van der Waals surface area contributed by atoms with E-state index in [9.17, 15) is 13.2 Å². The molecule has 9 heteroatoms. The second-order valence-electron chi connectivity index (χ2n) is 6.96. The number of nitrogens with zero attached hydrogens (tertiary/aromatic N) is 3. The van der Waals surface area contributed by atoms with Crippen LogP contribution in [0.25, 0.3) is 0 Å². The van der Waals surface area contributed by atoms with Gasteiger partial charge in [-0.25, -0.2) is 13.4 Å². The van der Waals surface area contributed by atoms with E-state index in [4.69, 9.17) is 23.2 Å². The predicted octanol–water partition coefficient (Wildman–Crippen LogP) is 3.77. The molecule has 0 unspecified atom stereocenters. The number of rotatable bonds is 3. The minimum absolute atomic E-state index is 0.146. The molecule has 1 aromatic carbocycles. The van der Waals surface area contributed by atoms with Gasteiger partial charge in [0.1, 0.15) is 5.15 Å². The van der Waals surface area contributed by atoms with Crippen LogP contribution in [0, 0.1) is 0 Å². The number of amides is 1. The summed E-state index contributed by atoms with van der Waals surface area (Å²) in [6.45, 7) is 1.60. The Morgan fingerprint density at radius 1 is 1.04 bits per heavy atom. The van der Waals surface area contributed by atoms with Crippen LogP contribution in [0.2, 0.25) is 10.2 Å². The van der Waals surface area contributed by atoms with Crippen LogP contribution in [0.3, 0.4) is 0 Å². The van der Waals surface area contributed by atoms with Crippen molar-refractivity contribution in [2.24, 2.45) is 0 Å². The minimum Gasteiger partial charge on any atom is -0.308 e. The first-order chi connectivity index (χ1) is 13.4. The summed E-state index contributed by atoms with van der Waals surface area (Å²) in [5, 5.41) is 0.363. The van der Waals surface area contributed by atoms with Crippen molar-refractivity contribution in [2.45, 2.75) is 30.6 Å². The third kappa shape index (κ3) is 3.52. The van der Waals surface area contributed by atoms with Gasteiger partial charge in [-0.3, -0.25) is 4.79 Å². The number of fused-ring (bicyclic) bond motifs is 1. The Morgan fingerprint density at radius 2 is 1.79 bits per heavy atom. The average Bonchev–Trinajstić information content (AvgIpc) is 3.13. The standard InChI is InChI=1S/C19H19Cl2N3O3S/c20-16-11-14(12-22-18(16)21)19(25)24-9-6-13-10-15(4-5-17(13)24)28(26,27)23-7-2-1-3-8-23/h4-5,10-12H,1-3,6-9H2. The number of anilines is 1.